The molecule has 0 unspecified atom stereocenters. The lowest BCUT2D eigenvalue weighted by molar-refractivity contribution is -0.153. The summed E-state index contributed by atoms with van der Waals surface area (Å²) in [4.78, 5) is 35.8. The van der Waals surface area contributed by atoms with Crippen molar-refractivity contribution < 1.29 is 23.9 Å². The van der Waals surface area contributed by atoms with Gasteiger partial charge in [0.25, 0.3) is 5.91 Å². The van der Waals surface area contributed by atoms with Gasteiger partial charge in [0.2, 0.25) is 0 Å². The zero-order valence-electron chi connectivity index (χ0n) is 16.4. The van der Waals surface area contributed by atoms with E-state index in [1.54, 1.807) is 24.3 Å². The largest absolute Gasteiger partial charge is 0.494 e. The summed E-state index contributed by atoms with van der Waals surface area (Å²) in [5.74, 6) is -0.271. The van der Waals surface area contributed by atoms with Gasteiger partial charge in [0, 0.05) is 17.7 Å². The van der Waals surface area contributed by atoms with Gasteiger partial charge >= 0.3 is 5.97 Å². The van der Waals surface area contributed by atoms with Crippen molar-refractivity contribution in [1.29, 1.82) is 0 Å². The molecule has 6 heteroatoms. The summed E-state index contributed by atoms with van der Waals surface area (Å²) in [5.41, 5.74) is 1.89. The number of rotatable bonds is 9. The Morgan fingerprint density at radius 3 is 2.54 bits per heavy atom. The number of para-hydroxylation sites is 1. The fourth-order valence-corrected chi connectivity index (χ4v) is 2.61. The van der Waals surface area contributed by atoms with Crippen molar-refractivity contribution >= 4 is 23.3 Å². The average molecular weight is 383 g/mol. The van der Waals surface area contributed by atoms with E-state index in [0.29, 0.717) is 24.3 Å². The van der Waals surface area contributed by atoms with Crippen LogP contribution in [-0.4, -0.2) is 30.4 Å². The van der Waals surface area contributed by atoms with Gasteiger partial charge in [-0.25, -0.2) is 0 Å². The Labute approximate surface area is 164 Å². The minimum Gasteiger partial charge on any atom is -0.494 e. The van der Waals surface area contributed by atoms with Crippen LogP contribution in [0.5, 0.6) is 5.75 Å². The normalized spacial score (nSPS) is 11.4. The predicted molar refractivity (Wildman–Crippen MR) is 107 cm³/mol. The van der Waals surface area contributed by atoms with Crippen molar-refractivity contribution in [3.05, 3.63) is 59.7 Å². The molecule has 0 radical (unpaired) electrons. The first kappa shape index (κ1) is 21.2. The number of carbonyl (C=O) groups is 3. The fourth-order valence-electron chi connectivity index (χ4n) is 2.61. The third-order valence-electron chi connectivity index (χ3n) is 4.08. The quantitative estimate of drug-likeness (QED) is 0.526. The number of benzene rings is 2. The maximum absolute atomic E-state index is 12.2. The van der Waals surface area contributed by atoms with Crippen LogP contribution in [0.1, 0.15) is 43.1 Å². The molecule has 0 saturated heterocycles. The smallest absolute Gasteiger partial charge is 0.306 e. The zero-order valence-corrected chi connectivity index (χ0v) is 16.4. The highest BCUT2D eigenvalue weighted by molar-refractivity contribution is 5.98. The number of carbonyl (C=O) groups excluding carboxylic acids is 3. The fraction of sp³-hybridized carbons (Fsp3) is 0.318. The number of nitrogens with one attached hydrogen (secondary N) is 1. The molecule has 2 rings (SSSR count). The van der Waals surface area contributed by atoms with Gasteiger partial charge in [0.1, 0.15) is 5.75 Å². The van der Waals surface area contributed by atoms with Crippen LogP contribution in [0.25, 0.3) is 0 Å². The minimum absolute atomic E-state index is 0.0945. The highest BCUT2D eigenvalue weighted by Crippen LogP contribution is 2.20. The van der Waals surface area contributed by atoms with E-state index in [1.807, 2.05) is 31.2 Å². The summed E-state index contributed by atoms with van der Waals surface area (Å²) in [7, 11) is 0. The number of hydrogen-bond acceptors (Lipinski definition) is 5. The molecule has 28 heavy (non-hydrogen) atoms. The van der Waals surface area contributed by atoms with Gasteiger partial charge in [0.15, 0.2) is 11.9 Å². The Hall–Kier alpha value is -3.15. The third kappa shape index (κ3) is 6.23. The van der Waals surface area contributed by atoms with Crippen LogP contribution in [0.2, 0.25) is 0 Å². The number of anilines is 1. The summed E-state index contributed by atoms with van der Waals surface area (Å²) in [6.45, 7) is 5.41. The van der Waals surface area contributed by atoms with Gasteiger partial charge < -0.3 is 14.8 Å². The number of ether oxygens (including phenoxy) is 2. The molecule has 0 heterocycles. The van der Waals surface area contributed by atoms with E-state index in [4.69, 9.17) is 9.47 Å². The molecule has 1 amide bonds. The number of ketones is 1. The van der Waals surface area contributed by atoms with Crippen LogP contribution >= 0.6 is 0 Å². The second-order valence-electron chi connectivity index (χ2n) is 6.30. The van der Waals surface area contributed by atoms with Crippen molar-refractivity contribution in [2.24, 2.45) is 0 Å². The summed E-state index contributed by atoms with van der Waals surface area (Å²) < 4.78 is 10.8. The van der Waals surface area contributed by atoms with Crippen molar-refractivity contribution in [1.82, 2.24) is 0 Å². The number of amides is 1. The Balaban J connectivity index is 1.87. The molecule has 2 aromatic rings. The highest BCUT2D eigenvalue weighted by atomic mass is 16.5. The molecule has 148 valence electrons. The molecule has 0 aliphatic carbocycles. The molecule has 1 N–H and O–H groups in total. The summed E-state index contributed by atoms with van der Waals surface area (Å²) >= 11 is 0. The molecule has 0 spiro atoms. The van der Waals surface area contributed by atoms with E-state index in [-0.39, 0.29) is 12.2 Å². The number of aryl methyl sites for hydroxylation is 1. The molecule has 1 atom stereocenters. The van der Waals surface area contributed by atoms with Crippen LogP contribution in [0.15, 0.2) is 48.5 Å². The first-order valence-corrected chi connectivity index (χ1v) is 9.22. The van der Waals surface area contributed by atoms with Gasteiger partial charge in [-0.15, -0.1) is 0 Å². The van der Waals surface area contributed by atoms with E-state index in [0.717, 1.165) is 11.3 Å². The van der Waals surface area contributed by atoms with Gasteiger partial charge in [-0.2, -0.15) is 0 Å². The molecule has 6 nitrogen and oxygen atoms in total. The lowest BCUT2D eigenvalue weighted by atomic mass is 10.1. The second-order valence-corrected chi connectivity index (χ2v) is 6.30. The van der Waals surface area contributed by atoms with E-state index in [2.05, 4.69) is 5.32 Å². The summed E-state index contributed by atoms with van der Waals surface area (Å²) in [5, 5.41) is 2.65. The molecule has 0 saturated carbocycles. The van der Waals surface area contributed by atoms with Gasteiger partial charge in [-0.3, -0.25) is 14.4 Å². The average Bonchev–Trinajstić information content (AvgIpc) is 2.67. The summed E-state index contributed by atoms with van der Waals surface area (Å²) in [6, 6.07) is 14.1. The first-order valence-electron chi connectivity index (χ1n) is 9.22. The van der Waals surface area contributed by atoms with E-state index >= 15 is 0 Å². The van der Waals surface area contributed by atoms with E-state index in [9.17, 15) is 14.4 Å². The Kier molecular flexibility index (Phi) is 7.75. The van der Waals surface area contributed by atoms with Gasteiger partial charge in [0.05, 0.1) is 6.61 Å². The van der Waals surface area contributed by atoms with Crippen LogP contribution in [0, 0.1) is 0 Å². The maximum atomic E-state index is 12.2. The van der Waals surface area contributed by atoms with Crippen molar-refractivity contribution in [3.8, 4) is 5.75 Å². The molecule has 0 aliphatic heterocycles. The monoisotopic (exact) mass is 383 g/mol. The van der Waals surface area contributed by atoms with E-state index < -0.39 is 18.0 Å². The topological polar surface area (TPSA) is 81.7 Å². The number of hydrogen-bond donors (Lipinski definition) is 1. The third-order valence-corrected chi connectivity index (χ3v) is 4.08. The van der Waals surface area contributed by atoms with Crippen LogP contribution < -0.4 is 10.1 Å². The number of esters is 1. The lowest BCUT2D eigenvalue weighted by Crippen LogP contribution is -2.30. The Morgan fingerprint density at radius 1 is 1.07 bits per heavy atom. The molecule has 0 fully saturated rings. The zero-order chi connectivity index (χ0) is 20.5. The number of Topliss-reactive ketones (excluding diaryl/α,β-unsaturated/α-hetero) is 1. The molecular weight excluding hydrogens is 358 g/mol. The van der Waals surface area contributed by atoms with Crippen LogP contribution in [0.3, 0.4) is 0 Å². The Bertz CT molecular complexity index is 846. The predicted octanol–water partition coefficient (Wildman–Crippen LogP) is 3.79. The second kappa shape index (κ2) is 10.3. The molecule has 2 aromatic carbocycles. The van der Waals surface area contributed by atoms with Gasteiger partial charge in [-0.05, 0) is 51.0 Å². The van der Waals surface area contributed by atoms with Crippen LogP contribution in [0.4, 0.5) is 5.69 Å². The lowest BCUT2D eigenvalue weighted by Gasteiger charge is -2.14. The Morgan fingerprint density at radius 2 is 1.82 bits per heavy atom. The first-order chi connectivity index (χ1) is 13.4. The van der Waals surface area contributed by atoms with E-state index in [1.165, 1.54) is 13.8 Å². The molecule has 0 bridgehead atoms. The van der Waals surface area contributed by atoms with Gasteiger partial charge in [-0.1, -0.05) is 30.3 Å². The maximum Gasteiger partial charge on any atom is 0.306 e. The highest BCUT2D eigenvalue weighted by Gasteiger charge is 2.18. The van der Waals surface area contributed by atoms with Crippen molar-refractivity contribution in [2.75, 3.05) is 11.9 Å². The van der Waals surface area contributed by atoms with Crippen molar-refractivity contribution in [3.63, 3.8) is 0 Å². The molecule has 0 aliphatic rings. The minimum atomic E-state index is -0.949. The molecular formula is C22H25NO5. The summed E-state index contributed by atoms with van der Waals surface area (Å²) in [6.07, 6.45) is -0.346. The van der Waals surface area contributed by atoms with Crippen molar-refractivity contribution in [2.45, 2.75) is 39.7 Å². The SMILES string of the molecule is CCOc1ccccc1CCC(=O)O[C@H](C)C(=O)Nc1cccc(C(C)=O)c1. The standard InChI is InChI=1S/C22H25NO5/c1-4-27-20-11-6-5-8-17(20)12-13-21(25)28-16(3)22(26)23-19-10-7-9-18(14-19)15(2)24/h5-11,14,16H,4,12-13H2,1-3H3,(H,23,26)/t16-/m1/s1. The molecule has 0 aromatic heterocycles. The van der Waals surface area contributed by atoms with Crippen LogP contribution in [-0.2, 0) is 20.7 Å².